The summed E-state index contributed by atoms with van der Waals surface area (Å²) in [6.07, 6.45) is 5.05. The minimum Gasteiger partial charge on any atom is -0.495 e. The molecular weight excluding hydrogens is 410 g/mol. The van der Waals surface area contributed by atoms with Gasteiger partial charge in [0.2, 0.25) is 5.95 Å². The van der Waals surface area contributed by atoms with Gasteiger partial charge in [-0.05, 0) is 55.8 Å². The van der Waals surface area contributed by atoms with Crippen molar-refractivity contribution in [2.45, 2.75) is 13.8 Å². The lowest BCUT2D eigenvalue weighted by molar-refractivity contribution is 0.103. The van der Waals surface area contributed by atoms with Crippen LogP contribution in [0, 0.1) is 13.8 Å². The Hall–Kier alpha value is -3.78. The summed E-state index contributed by atoms with van der Waals surface area (Å²) in [4.78, 5) is 27.3. The first kappa shape index (κ1) is 20.5. The van der Waals surface area contributed by atoms with Gasteiger partial charge in [0, 0.05) is 34.2 Å². The standard InChI is InChI=1S/C23H21N5O2S/c1-14-4-6-17(26-22(29)21-7-5-15(2)31-21)11-20(14)28-23-25-9-8-19(27-23)16-10-18(30-3)13-24-12-16/h4-13H,1-3H3,(H,26,29)(H,25,27,28). The molecule has 0 saturated carbocycles. The second kappa shape index (κ2) is 8.93. The van der Waals surface area contributed by atoms with Gasteiger partial charge in [0.25, 0.3) is 5.91 Å². The number of rotatable bonds is 6. The summed E-state index contributed by atoms with van der Waals surface area (Å²) in [7, 11) is 1.60. The molecule has 31 heavy (non-hydrogen) atoms. The fourth-order valence-corrected chi connectivity index (χ4v) is 3.72. The lowest BCUT2D eigenvalue weighted by Gasteiger charge is -2.12. The van der Waals surface area contributed by atoms with Crippen LogP contribution in [0.2, 0.25) is 0 Å². The Balaban J connectivity index is 1.55. The molecule has 3 heterocycles. The van der Waals surface area contributed by atoms with Gasteiger partial charge < -0.3 is 15.4 Å². The minimum absolute atomic E-state index is 0.128. The zero-order valence-electron chi connectivity index (χ0n) is 17.3. The highest BCUT2D eigenvalue weighted by Crippen LogP contribution is 2.26. The molecule has 7 nitrogen and oxygen atoms in total. The van der Waals surface area contributed by atoms with Crippen molar-refractivity contribution in [3.63, 3.8) is 0 Å². The van der Waals surface area contributed by atoms with Crippen molar-refractivity contribution in [3.05, 3.63) is 76.4 Å². The van der Waals surface area contributed by atoms with E-state index in [9.17, 15) is 4.79 Å². The first-order valence-corrected chi connectivity index (χ1v) is 10.4. The number of ether oxygens (including phenoxy) is 1. The van der Waals surface area contributed by atoms with Crippen LogP contribution < -0.4 is 15.4 Å². The summed E-state index contributed by atoms with van der Waals surface area (Å²) in [5, 5.41) is 6.19. The van der Waals surface area contributed by atoms with Gasteiger partial charge in [0.05, 0.1) is 23.9 Å². The molecule has 0 aliphatic carbocycles. The van der Waals surface area contributed by atoms with Gasteiger partial charge in [0.15, 0.2) is 0 Å². The summed E-state index contributed by atoms with van der Waals surface area (Å²) >= 11 is 1.47. The topological polar surface area (TPSA) is 89.0 Å². The summed E-state index contributed by atoms with van der Waals surface area (Å²) in [5.74, 6) is 0.975. The number of methoxy groups -OCH3 is 1. The normalized spacial score (nSPS) is 10.5. The van der Waals surface area contributed by atoms with Crippen molar-refractivity contribution in [1.82, 2.24) is 15.0 Å². The Morgan fingerprint density at radius 3 is 2.71 bits per heavy atom. The highest BCUT2D eigenvalue weighted by Gasteiger charge is 2.11. The van der Waals surface area contributed by atoms with E-state index in [1.54, 1.807) is 25.7 Å². The van der Waals surface area contributed by atoms with Gasteiger partial charge in [-0.3, -0.25) is 9.78 Å². The lowest BCUT2D eigenvalue weighted by Crippen LogP contribution is -2.10. The number of carbonyl (C=O) groups is 1. The van der Waals surface area contributed by atoms with Crippen molar-refractivity contribution >= 4 is 34.6 Å². The van der Waals surface area contributed by atoms with Crippen molar-refractivity contribution in [1.29, 1.82) is 0 Å². The molecule has 0 saturated heterocycles. The molecule has 0 bridgehead atoms. The van der Waals surface area contributed by atoms with E-state index in [4.69, 9.17) is 4.74 Å². The first-order chi connectivity index (χ1) is 15.0. The predicted molar refractivity (Wildman–Crippen MR) is 123 cm³/mol. The third-order valence-electron chi connectivity index (χ3n) is 4.61. The van der Waals surface area contributed by atoms with E-state index >= 15 is 0 Å². The third kappa shape index (κ3) is 4.87. The van der Waals surface area contributed by atoms with Crippen LogP contribution in [0.4, 0.5) is 17.3 Å². The molecule has 3 aromatic heterocycles. The summed E-state index contributed by atoms with van der Waals surface area (Å²) < 4.78 is 5.24. The molecule has 156 valence electrons. The van der Waals surface area contributed by atoms with Crippen molar-refractivity contribution in [2.24, 2.45) is 0 Å². The van der Waals surface area contributed by atoms with Crippen LogP contribution in [0.15, 0.2) is 61.1 Å². The quantitative estimate of drug-likeness (QED) is 0.435. The fraction of sp³-hybridized carbons (Fsp3) is 0.130. The highest BCUT2D eigenvalue weighted by atomic mass is 32.1. The molecule has 1 amide bonds. The van der Waals surface area contributed by atoms with E-state index in [1.165, 1.54) is 11.3 Å². The molecule has 2 N–H and O–H groups in total. The van der Waals surface area contributed by atoms with E-state index in [0.717, 1.165) is 27.4 Å². The highest BCUT2D eigenvalue weighted by molar-refractivity contribution is 7.14. The molecule has 4 rings (SSSR count). The number of benzene rings is 1. The Bertz CT molecular complexity index is 1240. The second-order valence-electron chi connectivity index (χ2n) is 6.90. The molecule has 8 heteroatoms. The van der Waals surface area contributed by atoms with Gasteiger partial charge >= 0.3 is 0 Å². The zero-order valence-corrected chi connectivity index (χ0v) is 18.2. The lowest BCUT2D eigenvalue weighted by atomic mass is 10.1. The number of aryl methyl sites for hydroxylation is 2. The maximum atomic E-state index is 12.5. The van der Waals surface area contributed by atoms with Crippen LogP contribution in [0.1, 0.15) is 20.1 Å². The number of amides is 1. The van der Waals surface area contributed by atoms with E-state index in [2.05, 4.69) is 25.6 Å². The maximum absolute atomic E-state index is 12.5. The average molecular weight is 432 g/mol. The van der Waals surface area contributed by atoms with Crippen LogP contribution in [-0.4, -0.2) is 28.0 Å². The number of aromatic nitrogens is 3. The Morgan fingerprint density at radius 1 is 1.06 bits per heavy atom. The molecule has 0 radical (unpaired) electrons. The molecule has 0 unspecified atom stereocenters. The molecule has 0 fully saturated rings. The van der Waals surface area contributed by atoms with Gasteiger partial charge in [-0.25, -0.2) is 9.97 Å². The Morgan fingerprint density at radius 2 is 1.94 bits per heavy atom. The van der Waals surface area contributed by atoms with Crippen LogP contribution in [0.25, 0.3) is 11.3 Å². The van der Waals surface area contributed by atoms with Crippen LogP contribution in [0.3, 0.4) is 0 Å². The number of hydrogen-bond donors (Lipinski definition) is 2. The maximum Gasteiger partial charge on any atom is 0.265 e. The van der Waals surface area contributed by atoms with Gasteiger partial charge in [-0.15, -0.1) is 11.3 Å². The molecule has 1 aromatic carbocycles. The Kier molecular flexibility index (Phi) is 5.90. The average Bonchev–Trinajstić information content (AvgIpc) is 3.23. The van der Waals surface area contributed by atoms with Gasteiger partial charge in [-0.2, -0.15) is 0 Å². The van der Waals surface area contributed by atoms with Gasteiger partial charge in [-0.1, -0.05) is 6.07 Å². The summed E-state index contributed by atoms with van der Waals surface area (Å²) in [6.45, 7) is 3.96. The smallest absolute Gasteiger partial charge is 0.265 e. The largest absolute Gasteiger partial charge is 0.495 e. The molecule has 0 aliphatic heterocycles. The van der Waals surface area contributed by atoms with Crippen molar-refractivity contribution in [2.75, 3.05) is 17.7 Å². The Labute approximate surface area is 184 Å². The number of thiophene rings is 1. The van der Waals surface area contributed by atoms with E-state index < -0.39 is 0 Å². The number of anilines is 3. The predicted octanol–water partition coefficient (Wildman–Crippen LogP) is 5.22. The first-order valence-electron chi connectivity index (χ1n) is 9.60. The summed E-state index contributed by atoms with van der Waals surface area (Å²) in [5.41, 5.74) is 4.05. The zero-order chi connectivity index (χ0) is 21.8. The van der Waals surface area contributed by atoms with Crippen molar-refractivity contribution < 1.29 is 9.53 Å². The van der Waals surface area contributed by atoms with Crippen LogP contribution in [-0.2, 0) is 0 Å². The van der Waals surface area contributed by atoms with Crippen LogP contribution >= 0.6 is 11.3 Å². The minimum atomic E-state index is -0.128. The molecule has 0 aliphatic rings. The number of nitrogens with zero attached hydrogens (tertiary/aromatic N) is 3. The molecular formula is C23H21N5O2S. The monoisotopic (exact) mass is 431 g/mol. The van der Waals surface area contributed by atoms with Gasteiger partial charge in [0.1, 0.15) is 5.75 Å². The van der Waals surface area contributed by atoms with E-state index in [0.29, 0.717) is 22.3 Å². The SMILES string of the molecule is COc1cncc(-c2ccnc(Nc3cc(NC(=O)c4ccc(C)s4)ccc3C)n2)c1. The second-order valence-corrected chi connectivity index (χ2v) is 8.19. The number of pyridine rings is 1. The van der Waals surface area contributed by atoms with E-state index in [1.807, 2.05) is 56.3 Å². The third-order valence-corrected chi connectivity index (χ3v) is 5.61. The fourth-order valence-electron chi connectivity index (χ4n) is 2.95. The van der Waals surface area contributed by atoms with Crippen LogP contribution in [0.5, 0.6) is 5.75 Å². The van der Waals surface area contributed by atoms with E-state index in [-0.39, 0.29) is 5.91 Å². The summed E-state index contributed by atoms with van der Waals surface area (Å²) in [6, 6.07) is 13.1. The molecule has 4 aromatic rings. The number of carbonyl (C=O) groups excluding carboxylic acids is 1. The molecule has 0 spiro atoms. The number of hydrogen-bond acceptors (Lipinski definition) is 7. The molecule has 0 atom stereocenters. The van der Waals surface area contributed by atoms with Crippen molar-refractivity contribution in [3.8, 4) is 17.0 Å². The number of nitrogens with one attached hydrogen (secondary N) is 2.